The zero-order valence-corrected chi connectivity index (χ0v) is 16.9. The van der Waals surface area contributed by atoms with Gasteiger partial charge in [0.25, 0.3) is 10.0 Å². The predicted octanol–water partition coefficient (Wildman–Crippen LogP) is 5.92. The largest absolute Gasteiger partial charge is 0.263 e. The summed E-state index contributed by atoms with van der Waals surface area (Å²) in [7, 11) is -3.72. The van der Waals surface area contributed by atoms with Crippen LogP contribution in [0, 0.1) is 0 Å². The molecule has 1 aromatic heterocycles. The molecule has 0 unspecified atom stereocenters. The van der Waals surface area contributed by atoms with Gasteiger partial charge in [0.1, 0.15) is 0 Å². The van der Waals surface area contributed by atoms with E-state index in [9.17, 15) is 8.42 Å². The van der Waals surface area contributed by atoms with Gasteiger partial charge in [-0.3, -0.25) is 4.72 Å². The van der Waals surface area contributed by atoms with E-state index in [-0.39, 0.29) is 4.90 Å². The highest BCUT2D eigenvalue weighted by Crippen LogP contribution is 2.32. The van der Waals surface area contributed by atoms with Crippen LogP contribution in [0.3, 0.4) is 0 Å². The summed E-state index contributed by atoms with van der Waals surface area (Å²) in [6.07, 6.45) is 0. The Balaban J connectivity index is 1.48. The summed E-state index contributed by atoms with van der Waals surface area (Å²) in [6, 6.07) is 26.9. The van der Waals surface area contributed by atoms with Gasteiger partial charge in [-0.1, -0.05) is 72.8 Å². The van der Waals surface area contributed by atoms with Gasteiger partial charge < -0.3 is 0 Å². The minimum atomic E-state index is -3.72. The second-order valence-electron chi connectivity index (χ2n) is 6.68. The Morgan fingerprint density at radius 2 is 1.48 bits per heavy atom. The van der Waals surface area contributed by atoms with Crippen molar-refractivity contribution in [3.8, 4) is 11.3 Å². The fourth-order valence-corrected chi connectivity index (χ4v) is 5.40. The molecule has 142 valence electrons. The first-order valence-electron chi connectivity index (χ1n) is 9.05. The third-order valence-electron chi connectivity index (χ3n) is 4.82. The standard InChI is InChI=1S/C23H16N2O2S2/c26-29(27,19-13-12-16-6-1-2-8-18(16)14-19)25-23-24-22(15-28-23)21-11-5-9-17-7-3-4-10-20(17)21/h1-15H,(H,24,25). The van der Waals surface area contributed by atoms with Crippen molar-refractivity contribution in [1.82, 2.24) is 4.98 Å². The zero-order valence-electron chi connectivity index (χ0n) is 15.2. The van der Waals surface area contributed by atoms with Gasteiger partial charge in [0.05, 0.1) is 10.6 Å². The molecule has 1 N–H and O–H groups in total. The summed E-state index contributed by atoms with van der Waals surface area (Å²) < 4.78 is 28.3. The molecule has 0 aliphatic carbocycles. The number of anilines is 1. The zero-order chi connectivity index (χ0) is 19.8. The smallest absolute Gasteiger partial charge is 0.255 e. The quantitative estimate of drug-likeness (QED) is 0.396. The molecule has 5 aromatic rings. The Morgan fingerprint density at radius 3 is 2.34 bits per heavy atom. The van der Waals surface area contributed by atoms with Gasteiger partial charge in [0, 0.05) is 10.9 Å². The lowest BCUT2D eigenvalue weighted by Crippen LogP contribution is -2.12. The Labute approximate surface area is 172 Å². The van der Waals surface area contributed by atoms with E-state index in [1.54, 1.807) is 12.1 Å². The molecular formula is C23H16N2O2S2. The first-order valence-corrected chi connectivity index (χ1v) is 11.4. The highest BCUT2D eigenvalue weighted by atomic mass is 32.2. The monoisotopic (exact) mass is 416 g/mol. The van der Waals surface area contributed by atoms with Crippen LogP contribution in [0.25, 0.3) is 32.8 Å². The molecule has 0 aliphatic rings. The SMILES string of the molecule is O=S(=O)(Nc1nc(-c2cccc3ccccc23)cs1)c1ccc2ccccc2c1. The number of hydrogen-bond donors (Lipinski definition) is 1. The van der Waals surface area contributed by atoms with E-state index in [0.29, 0.717) is 5.13 Å². The Morgan fingerprint density at radius 1 is 0.759 bits per heavy atom. The lowest BCUT2D eigenvalue weighted by atomic mass is 10.0. The Kier molecular flexibility index (Phi) is 4.30. The topological polar surface area (TPSA) is 59.1 Å². The van der Waals surface area contributed by atoms with Crippen molar-refractivity contribution in [2.24, 2.45) is 0 Å². The molecule has 29 heavy (non-hydrogen) atoms. The minimum Gasteiger partial charge on any atom is -0.255 e. The van der Waals surface area contributed by atoms with E-state index >= 15 is 0 Å². The second kappa shape index (κ2) is 6.99. The first kappa shape index (κ1) is 17.8. The maximum atomic E-state index is 12.9. The number of thiazole rings is 1. The number of aromatic nitrogens is 1. The van der Waals surface area contributed by atoms with Crippen LogP contribution >= 0.6 is 11.3 Å². The van der Waals surface area contributed by atoms with E-state index in [2.05, 4.69) is 21.8 Å². The normalized spacial score (nSPS) is 11.7. The molecule has 6 heteroatoms. The van der Waals surface area contributed by atoms with Crippen LogP contribution in [0.1, 0.15) is 0 Å². The molecular weight excluding hydrogens is 400 g/mol. The molecule has 0 aliphatic heterocycles. The molecule has 0 spiro atoms. The highest BCUT2D eigenvalue weighted by molar-refractivity contribution is 7.93. The summed E-state index contributed by atoms with van der Waals surface area (Å²) in [4.78, 5) is 4.75. The van der Waals surface area contributed by atoms with E-state index in [1.807, 2.05) is 66.0 Å². The number of fused-ring (bicyclic) bond motifs is 2. The van der Waals surface area contributed by atoms with Crippen molar-refractivity contribution >= 4 is 48.0 Å². The molecule has 4 nitrogen and oxygen atoms in total. The highest BCUT2D eigenvalue weighted by Gasteiger charge is 2.17. The number of nitrogens with zero attached hydrogens (tertiary/aromatic N) is 1. The van der Waals surface area contributed by atoms with Gasteiger partial charge in [0.2, 0.25) is 0 Å². The van der Waals surface area contributed by atoms with Crippen molar-refractivity contribution in [2.45, 2.75) is 4.90 Å². The lowest BCUT2D eigenvalue weighted by Gasteiger charge is -2.07. The predicted molar refractivity (Wildman–Crippen MR) is 120 cm³/mol. The third kappa shape index (κ3) is 3.37. The molecule has 0 atom stereocenters. The maximum absolute atomic E-state index is 12.9. The van der Waals surface area contributed by atoms with Gasteiger partial charge in [-0.05, 0) is 33.7 Å². The summed E-state index contributed by atoms with van der Waals surface area (Å²) in [6.45, 7) is 0. The maximum Gasteiger partial charge on any atom is 0.263 e. The summed E-state index contributed by atoms with van der Waals surface area (Å²) in [5.41, 5.74) is 1.73. The van der Waals surface area contributed by atoms with Crippen LogP contribution in [0.15, 0.2) is 95.2 Å². The van der Waals surface area contributed by atoms with Gasteiger partial charge in [-0.2, -0.15) is 0 Å². The molecule has 5 rings (SSSR count). The van der Waals surface area contributed by atoms with Crippen molar-refractivity contribution in [3.63, 3.8) is 0 Å². The molecule has 1 heterocycles. The number of hydrogen-bond acceptors (Lipinski definition) is 4. The molecule has 0 amide bonds. The Hall–Kier alpha value is -3.22. The van der Waals surface area contributed by atoms with Gasteiger partial charge >= 0.3 is 0 Å². The summed E-state index contributed by atoms with van der Waals surface area (Å²) in [5.74, 6) is 0. The van der Waals surface area contributed by atoms with E-state index in [4.69, 9.17) is 0 Å². The average Bonchev–Trinajstić information content (AvgIpc) is 3.20. The van der Waals surface area contributed by atoms with Crippen molar-refractivity contribution < 1.29 is 8.42 Å². The fourth-order valence-electron chi connectivity index (χ4n) is 3.40. The molecule has 0 radical (unpaired) electrons. The van der Waals surface area contributed by atoms with Crippen LogP contribution in [0.5, 0.6) is 0 Å². The van der Waals surface area contributed by atoms with Crippen LogP contribution in [-0.4, -0.2) is 13.4 Å². The second-order valence-corrected chi connectivity index (χ2v) is 9.22. The molecule has 0 bridgehead atoms. The molecule has 4 aromatic carbocycles. The van der Waals surface area contributed by atoms with E-state index < -0.39 is 10.0 Å². The van der Waals surface area contributed by atoms with Crippen molar-refractivity contribution in [3.05, 3.63) is 90.3 Å². The number of nitrogens with one attached hydrogen (secondary N) is 1. The fraction of sp³-hybridized carbons (Fsp3) is 0. The van der Waals surface area contributed by atoms with Crippen LogP contribution < -0.4 is 4.72 Å². The van der Waals surface area contributed by atoms with E-state index in [0.717, 1.165) is 32.8 Å². The summed E-state index contributed by atoms with van der Waals surface area (Å²) in [5, 5.41) is 6.31. The van der Waals surface area contributed by atoms with Gasteiger partial charge in [-0.25, -0.2) is 13.4 Å². The lowest BCUT2D eigenvalue weighted by molar-refractivity contribution is 0.601. The van der Waals surface area contributed by atoms with Crippen molar-refractivity contribution in [1.29, 1.82) is 0 Å². The molecule has 0 saturated heterocycles. The number of sulfonamides is 1. The number of rotatable bonds is 4. The van der Waals surface area contributed by atoms with E-state index in [1.165, 1.54) is 11.3 Å². The van der Waals surface area contributed by atoms with Crippen molar-refractivity contribution in [2.75, 3.05) is 4.72 Å². The van der Waals surface area contributed by atoms with Crippen LogP contribution in [-0.2, 0) is 10.0 Å². The van der Waals surface area contributed by atoms with Gasteiger partial charge in [-0.15, -0.1) is 11.3 Å². The van der Waals surface area contributed by atoms with Gasteiger partial charge in [0.15, 0.2) is 5.13 Å². The van der Waals surface area contributed by atoms with Crippen LogP contribution in [0.2, 0.25) is 0 Å². The summed E-state index contributed by atoms with van der Waals surface area (Å²) >= 11 is 1.28. The Bertz CT molecular complexity index is 1450. The average molecular weight is 417 g/mol. The molecule has 0 fully saturated rings. The first-order chi connectivity index (χ1) is 14.1. The third-order valence-corrected chi connectivity index (χ3v) is 7.05. The van der Waals surface area contributed by atoms with Crippen LogP contribution in [0.4, 0.5) is 5.13 Å². The molecule has 0 saturated carbocycles. The number of benzene rings is 4. The minimum absolute atomic E-state index is 0.220.